The van der Waals surface area contributed by atoms with Crippen molar-refractivity contribution in [3.8, 4) is 5.69 Å². The van der Waals surface area contributed by atoms with Gasteiger partial charge in [-0.15, -0.1) is 0 Å². The summed E-state index contributed by atoms with van der Waals surface area (Å²) in [7, 11) is 0. The highest BCUT2D eigenvalue weighted by atomic mass is 16.2. The number of anilines is 2. The number of aryl methyl sites for hydroxylation is 2. The lowest BCUT2D eigenvalue weighted by Gasteiger charge is -2.13. The van der Waals surface area contributed by atoms with Crippen LogP contribution < -0.4 is 16.2 Å². The van der Waals surface area contributed by atoms with Gasteiger partial charge in [0, 0.05) is 11.3 Å². The van der Waals surface area contributed by atoms with E-state index in [1.165, 1.54) is 4.57 Å². The molecular formula is C30H24N4O3. The summed E-state index contributed by atoms with van der Waals surface area (Å²) in [5.41, 5.74) is 3.91. The molecule has 5 aromatic rings. The zero-order chi connectivity index (χ0) is 25.9. The van der Waals surface area contributed by atoms with Crippen molar-refractivity contribution in [3.05, 3.63) is 130 Å². The lowest BCUT2D eigenvalue weighted by Crippen LogP contribution is -2.22. The van der Waals surface area contributed by atoms with Gasteiger partial charge in [-0.1, -0.05) is 36.4 Å². The van der Waals surface area contributed by atoms with Crippen molar-refractivity contribution in [2.75, 3.05) is 10.6 Å². The molecule has 4 aromatic carbocycles. The lowest BCUT2D eigenvalue weighted by molar-refractivity contribution is 0.102. The van der Waals surface area contributed by atoms with Gasteiger partial charge in [0.2, 0.25) is 0 Å². The second-order valence-electron chi connectivity index (χ2n) is 8.69. The Hall–Kier alpha value is -5.04. The number of rotatable bonds is 5. The van der Waals surface area contributed by atoms with Crippen molar-refractivity contribution in [2.24, 2.45) is 0 Å². The maximum Gasteiger partial charge on any atom is 0.265 e. The molecule has 7 heteroatoms. The van der Waals surface area contributed by atoms with E-state index in [1.54, 1.807) is 73.7 Å². The number of amides is 2. The van der Waals surface area contributed by atoms with E-state index in [-0.39, 0.29) is 17.4 Å². The van der Waals surface area contributed by atoms with Gasteiger partial charge in [0.1, 0.15) is 5.82 Å². The molecule has 2 amide bonds. The first kappa shape index (κ1) is 23.7. The molecule has 0 unspecified atom stereocenters. The molecule has 0 saturated carbocycles. The highest BCUT2D eigenvalue weighted by molar-refractivity contribution is 6.12. The first-order valence-corrected chi connectivity index (χ1v) is 11.8. The summed E-state index contributed by atoms with van der Waals surface area (Å²) in [6.07, 6.45) is 0. The van der Waals surface area contributed by atoms with Crippen molar-refractivity contribution in [3.63, 3.8) is 0 Å². The van der Waals surface area contributed by atoms with Crippen molar-refractivity contribution in [2.45, 2.75) is 13.8 Å². The topological polar surface area (TPSA) is 93.1 Å². The molecular weight excluding hydrogens is 464 g/mol. The number of hydrogen-bond acceptors (Lipinski definition) is 4. The number of para-hydroxylation sites is 2. The molecule has 7 nitrogen and oxygen atoms in total. The maximum atomic E-state index is 13.1. The molecule has 0 spiro atoms. The Bertz CT molecular complexity index is 1710. The van der Waals surface area contributed by atoms with Crippen LogP contribution in [-0.2, 0) is 0 Å². The van der Waals surface area contributed by atoms with E-state index < -0.39 is 0 Å². The van der Waals surface area contributed by atoms with E-state index in [4.69, 9.17) is 0 Å². The summed E-state index contributed by atoms with van der Waals surface area (Å²) in [6, 6.07) is 28.2. The van der Waals surface area contributed by atoms with Crippen LogP contribution in [0.3, 0.4) is 0 Å². The Labute approximate surface area is 213 Å². The maximum absolute atomic E-state index is 13.1. The Morgan fingerprint density at radius 3 is 2.27 bits per heavy atom. The average molecular weight is 489 g/mol. The number of carbonyl (C=O) groups is 2. The summed E-state index contributed by atoms with van der Waals surface area (Å²) in [4.78, 5) is 43.5. The van der Waals surface area contributed by atoms with E-state index in [0.717, 1.165) is 5.56 Å². The van der Waals surface area contributed by atoms with Crippen LogP contribution in [0.2, 0.25) is 0 Å². The summed E-state index contributed by atoms with van der Waals surface area (Å²) in [5.74, 6) is -0.145. The highest BCUT2D eigenvalue weighted by Gasteiger charge is 2.15. The molecule has 0 radical (unpaired) electrons. The van der Waals surface area contributed by atoms with Crippen LogP contribution in [0, 0.1) is 13.8 Å². The number of hydrogen-bond donors (Lipinski definition) is 2. The molecule has 37 heavy (non-hydrogen) atoms. The summed E-state index contributed by atoms with van der Waals surface area (Å²) >= 11 is 0. The van der Waals surface area contributed by atoms with Gasteiger partial charge in [-0.3, -0.25) is 19.0 Å². The van der Waals surface area contributed by atoms with E-state index in [1.807, 2.05) is 37.3 Å². The summed E-state index contributed by atoms with van der Waals surface area (Å²) < 4.78 is 1.52. The SMILES string of the molecule is Cc1cccc(NC(=O)c2ccccc2NC(=O)c2ccc(-n3c(C)nc4ccccc4c3=O)cc2)c1. The van der Waals surface area contributed by atoms with Gasteiger partial charge < -0.3 is 10.6 Å². The Balaban J connectivity index is 1.38. The van der Waals surface area contributed by atoms with Crippen molar-refractivity contribution < 1.29 is 9.59 Å². The Morgan fingerprint density at radius 1 is 0.757 bits per heavy atom. The van der Waals surface area contributed by atoms with Crippen LogP contribution in [0.15, 0.2) is 102 Å². The molecule has 0 atom stereocenters. The highest BCUT2D eigenvalue weighted by Crippen LogP contribution is 2.20. The molecule has 0 saturated heterocycles. The minimum atomic E-state index is -0.372. The fourth-order valence-corrected chi connectivity index (χ4v) is 4.22. The number of nitrogens with one attached hydrogen (secondary N) is 2. The van der Waals surface area contributed by atoms with E-state index in [0.29, 0.717) is 44.9 Å². The molecule has 182 valence electrons. The second-order valence-corrected chi connectivity index (χ2v) is 8.69. The van der Waals surface area contributed by atoms with E-state index in [9.17, 15) is 14.4 Å². The van der Waals surface area contributed by atoms with Crippen LogP contribution >= 0.6 is 0 Å². The average Bonchev–Trinajstić information content (AvgIpc) is 2.89. The van der Waals surface area contributed by atoms with Crippen LogP contribution in [0.4, 0.5) is 11.4 Å². The molecule has 0 aliphatic heterocycles. The number of fused-ring (bicyclic) bond motifs is 1. The summed E-state index contributed by atoms with van der Waals surface area (Å²) in [5, 5.41) is 6.23. The zero-order valence-electron chi connectivity index (χ0n) is 20.4. The van der Waals surface area contributed by atoms with Crippen molar-refractivity contribution >= 4 is 34.1 Å². The van der Waals surface area contributed by atoms with Gasteiger partial charge in [0.25, 0.3) is 17.4 Å². The number of aromatic nitrogens is 2. The van der Waals surface area contributed by atoms with Crippen molar-refractivity contribution in [1.82, 2.24) is 9.55 Å². The fraction of sp³-hybridized carbons (Fsp3) is 0.0667. The van der Waals surface area contributed by atoms with Crippen LogP contribution in [0.1, 0.15) is 32.1 Å². The van der Waals surface area contributed by atoms with Crippen LogP contribution in [0.25, 0.3) is 16.6 Å². The largest absolute Gasteiger partial charge is 0.322 e. The molecule has 0 bridgehead atoms. The smallest absolute Gasteiger partial charge is 0.265 e. The molecule has 5 rings (SSSR count). The van der Waals surface area contributed by atoms with Crippen LogP contribution in [-0.4, -0.2) is 21.4 Å². The van der Waals surface area contributed by atoms with Crippen LogP contribution in [0.5, 0.6) is 0 Å². The fourth-order valence-electron chi connectivity index (χ4n) is 4.22. The molecule has 2 N–H and O–H groups in total. The standard InChI is InChI=1S/C30H24N4O3/c1-19-8-7-9-22(18-19)32-29(36)24-10-3-5-12-26(24)33-28(35)21-14-16-23(17-15-21)34-20(2)31-27-13-6-4-11-25(27)30(34)37/h3-18H,1-2H3,(H,32,36)(H,33,35). The van der Waals surface area contributed by atoms with Gasteiger partial charge in [-0.05, 0) is 80.1 Å². The third kappa shape index (κ3) is 4.88. The third-order valence-electron chi connectivity index (χ3n) is 6.03. The van der Waals surface area contributed by atoms with E-state index >= 15 is 0 Å². The third-order valence-corrected chi connectivity index (χ3v) is 6.03. The number of carbonyl (C=O) groups excluding carboxylic acids is 2. The molecule has 1 aromatic heterocycles. The first-order valence-electron chi connectivity index (χ1n) is 11.8. The minimum Gasteiger partial charge on any atom is -0.322 e. The molecule has 0 fully saturated rings. The number of benzene rings is 4. The van der Waals surface area contributed by atoms with Gasteiger partial charge in [-0.2, -0.15) is 0 Å². The van der Waals surface area contributed by atoms with Gasteiger partial charge >= 0.3 is 0 Å². The molecule has 0 aliphatic rings. The van der Waals surface area contributed by atoms with E-state index in [2.05, 4.69) is 15.6 Å². The van der Waals surface area contributed by atoms with Gasteiger partial charge in [-0.25, -0.2) is 4.98 Å². The quantitative estimate of drug-likeness (QED) is 0.341. The lowest BCUT2D eigenvalue weighted by atomic mass is 10.1. The molecule has 0 aliphatic carbocycles. The monoisotopic (exact) mass is 488 g/mol. The Kier molecular flexibility index (Phi) is 6.34. The predicted molar refractivity (Wildman–Crippen MR) is 146 cm³/mol. The minimum absolute atomic E-state index is 0.172. The second kappa shape index (κ2) is 9.91. The van der Waals surface area contributed by atoms with Gasteiger partial charge in [0.05, 0.1) is 27.8 Å². The molecule has 1 heterocycles. The van der Waals surface area contributed by atoms with Crippen molar-refractivity contribution in [1.29, 1.82) is 0 Å². The zero-order valence-corrected chi connectivity index (χ0v) is 20.4. The van der Waals surface area contributed by atoms with Gasteiger partial charge in [0.15, 0.2) is 0 Å². The summed E-state index contributed by atoms with van der Waals surface area (Å²) in [6.45, 7) is 3.72. The number of nitrogens with zero attached hydrogens (tertiary/aromatic N) is 2. The first-order chi connectivity index (χ1) is 17.9. The normalized spacial score (nSPS) is 10.8. The Morgan fingerprint density at radius 2 is 1.49 bits per heavy atom. The predicted octanol–water partition coefficient (Wildman–Crippen LogP) is 5.51.